The van der Waals surface area contributed by atoms with Crippen LogP contribution in [0.2, 0.25) is 0 Å². The molecule has 0 atom stereocenters. The van der Waals surface area contributed by atoms with Gasteiger partial charge in [0.1, 0.15) is 0 Å². The van der Waals surface area contributed by atoms with Crippen molar-refractivity contribution in [3.05, 3.63) is 53.6 Å². The standard InChI is InChI=1S/C19H21F3N2O3/c1-3-27-16-8-7-13(11-17(16)26-2)9-10-23-18(25)24-15-6-4-5-14(12-15)19(20,21)22/h4-8,11-12H,3,9-10H2,1-2H3,(H2,23,24,25). The van der Waals surface area contributed by atoms with Gasteiger partial charge in [0, 0.05) is 12.2 Å². The number of hydrogen-bond donors (Lipinski definition) is 2. The van der Waals surface area contributed by atoms with E-state index in [2.05, 4.69) is 10.6 Å². The van der Waals surface area contributed by atoms with E-state index in [-0.39, 0.29) is 5.69 Å². The van der Waals surface area contributed by atoms with E-state index in [9.17, 15) is 18.0 Å². The lowest BCUT2D eigenvalue weighted by Gasteiger charge is -2.12. The second kappa shape index (κ2) is 9.16. The summed E-state index contributed by atoms with van der Waals surface area (Å²) in [6.07, 6.45) is -3.93. The number of amides is 2. The van der Waals surface area contributed by atoms with Crippen LogP contribution >= 0.6 is 0 Å². The molecule has 2 aromatic rings. The van der Waals surface area contributed by atoms with Crippen molar-refractivity contribution >= 4 is 11.7 Å². The molecule has 146 valence electrons. The van der Waals surface area contributed by atoms with Crippen LogP contribution in [-0.2, 0) is 12.6 Å². The van der Waals surface area contributed by atoms with Gasteiger partial charge < -0.3 is 20.1 Å². The number of methoxy groups -OCH3 is 1. The van der Waals surface area contributed by atoms with E-state index in [0.29, 0.717) is 31.1 Å². The van der Waals surface area contributed by atoms with Gasteiger partial charge in [0.05, 0.1) is 19.3 Å². The largest absolute Gasteiger partial charge is 0.493 e. The molecule has 27 heavy (non-hydrogen) atoms. The van der Waals surface area contributed by atoms with Gasteiger partial charge in [-0.15, -0.1) is 0 Å². The molecule has 0 spiro atoms. The second-order valence-electron chi connectivity index (χ2n) is 5.63. The molecule has 0 aliphatic rings. The first-order chi connectivity index (χ1) is 12.8. The van der Waals surface area contributed by atoms with Crippen molar-refractivity contribution in [2.45, 2.75) is 19.5 Å². The summed E-state index contributed by atoms with van der Waals surface area (Å²) in [5.74, 6) is 1.24. The van der Waals surface area contributed by atoms with E-state index >= 15 is 0 Å². The quantitative estimate of drug-likeness (QED) is 0.743. The number of alkyl halides is 3. The normalized spacial score (nSPS) is 11.0. The fourth-order valence-corrected chi connectivity index (χ4v) is 2.41. The first-order valence-corrected chi connectivity index (χ1v) is 8.35. The summed E-state index contributed by atoms with van der Waals surface area (Å²) >= 11 is 0. The Bertz CT molecular complexity index is 779. The van der Waals surface area contributed by atoms with Gasteiger partial charge in [-0.2, -0.15) is 13.2 Å². The molecule has 0 aromatic heterocycles. The summed E-state index contributed by atoms with van der Waals surface area (Å²) in [6.45, 7) is 2.70. The minimum Gasteiger partial charge on any atom is -0.493 e. The van der Waals surface area contributed by atoms with E-state index in [1.54, 1.807) is 13.2 Å². The molecular weight excluding hydrogens is 361 g/mol. The van der Waals surface area contributed by atoms with E-state index in [1.165, 1.54) is 12.1 Å². The van der Waals surface area contributed by atoms with Crippen molar-refractivity contribution in [3.63, 3.8) is 0 Å². The Morgan fingerprint density at radius 2 is 1.89 bits per heavy atom. The third-order valence-electron chi connectivity index (χ3n) is 3.67. The molecule has 2 N–H and O–H groups in total. The maximum Gasteiger partial charge on any atom is 0.416 e. The fraction of sp³-hybridized carbons (Fsp3) is 0.316. The van der Waals surface area contributed by atoms with Gasteiger partial charge >= 0.3 is 12.2 Å². The highest BCUT2D eigenvalue weighted by atomic mass is 19.4. The summed E-state index contributed by atoms with van der Waals surface area (Å²) in [5, 5.41) is 5.01. The summed E-state index contributed by atoms with van der Waals surface area (Å²) < 4.78 is 48.8. The molecule has 0 radical (unpaired) electrons. The van der Waals surface area contributed by atoms with Crippen LogP contribution in [0.15, 0.2) is 42.5 Å². The highest BCUT2D eigenvalue weighted by Crippen LogP contribution is 2.30. The fourth-order valence-electron chi connectivity index (χ4n) is 2.41. The molecule has 2 rings (SSSR count). The van der Waals surface area contributed by atoms with Crippen LogP contribution in [0.1, 0.15) is 18.1 Å². The van der Waals surface area contributed by atoms with Crippen molar-refractivity contribution in [3.8, 4) is 11.5 Å². The van der Waals surface area contributed by atoms with Crippen molar-refractivity contribution in [2.75, 3.05) is 25.6 Å². The molecule has 0 fully saturated rings. The predicted octanol–water partition coefficient (Wildman–Crippen LogP) is 4.48. The number of halogens is 3. The first-order valence-electron chi connectivity index (χ1n) is 8.35. The highest BCUT2D eigenvalue weighted by Gasteiger charge is 2.30. The number of anilines is 1. The highest BCUT2D eigenvalue weighted by molar-refractivity contribution is 5.89. The van der Waals surface area contributed by atoms with Gasteiger partial charge in [0.25, 0.3) is 0 Å². The van der Waals surface area contributed by atoms with Gasteiger partial charge in [-0.1, -0.05) is 12.1 Å². The number of ether oxygens (including phenoxy) is 2. The van der Waals surface area contributed by atoms with Crippen molar-refractivity contribution < 1.29 is 27.4 Å². The molecule has 0 saturated carbocycles. The lowest BCUT2D eigenvalue weighted by molar-refractivity contribution is -0.137. The van der Waals surface area contributed by atoms with Crippen LogP contribution in [0.25, 0.3) is 0 Å². The van der Waals surface area contributed by atoms with Gasteiger partial charge in [0.15, 0.2) is 11.5 Å². The molecular formula is C19H21F3N2O3. The monoisotopic (exact) mass is 382 g/mol. The molecule has 0 aliphatic carbocycles. The Morgan fingerprint density at radius 3 is 2.56 bits per heavy atom. The smallest absolute Gasteiger partial charge is 0.416 e. The average Bonchev–Trinajstić information content (AvgIpc) is 2.62. The van der Waals surface area contributed by atoms with Crippen molar-refractivity contribution in [1.82, 2.24) is 5.32 Å². The SMILES string of the molecule is CCOc1ccc(CCNC(=O)Nc2cccc(C(F)(F)F)c2)cc1OC. The number of carbonyl (C=O) groups is 1. The minimum absolute atomic E-state index is 0.0741. The Kier molecular flexibility index (Phi) is 6.92. The van der Waals surface area contributed by atoms with Crippen molar-refractivity contribution in [1.29, 1.82) is 0 Å². The number of hydrogen-bond acceptors (Lipinski definition) is 3. The Balaban J connectivity index is 1.88. The third kappa shape index (κ3) is 6.09. The number of benzene rings is 2. The van der Waals surface area contributed by atoms with Gasteiger partial charge in [0.2, 0.25) is 0 Å². The number of nitrogens with one attached hydrogen (secondary N) is 2. The van der Waals surface area contributed by atoms with Crippen LogP contribution < -0.4 is 20.1 Å². The third-order valence-corrected chi connectivity index (χ3v) is 3.67. The van der Waals surface area contributed by atoms with Crippen LogP contribution in [-0.4, -0.2) is 26.3 Å². The molecule has 0 heterocycles. The number of urea groups is 1. The van der Waals surface area contributed by atoms with Gasteiger partial charge in [-0.25, -0.2) is 4.79 Å². The maximum absolute atomic E-state index is 12.7. The summed E-state index contributed by atoms with van der Waals surface area (Å²) in [4.78, 5) is 11.9. The van der Waals surface area contributed by atoms with E-state index < -0.39 is 17.8 Å². The predicted molar refractivity (Wildman–Crippen MR) is 96.3 cm³/mol. The second-order valence-corrected chi connectivity index (χ2v) is 5.63. The molecule has 0 unspecified atom stereocenters. The van der Waals surface area contributed by atoms with E-state index in [1.807, 2.05) is 19.1 Å². The van der Waals surface area contributed by atoms with Crippen LogP contribution in [0, 0.1) is 0 Å². The van der Waals surface area contributed by atoms with Gasteiger partial charge in [-0.3, -0.25) is 0 Å². The molecule has 0 saturated heterocycles. The Morgan fingerprint density at radius 1 is 1.11 bits per heavy atom. The molecule has 8 heteroatoms. The Hall–Kier alpha value is -2.90. The van der Waals surface area contributed by atoms with Crippen LogP contribution in [0.3, 0.4) is 0 Å². The zero-order valence-corrected chi connectivity index (χ0v) is 15.0. The van der Waals surface area contributed by atoms with Crippen LogP contribution in [0.5, 0.6) is 11.5 Å². The maximum atomic E-state index is 12.7. The van der Waals surface area contributed by atoms with Crippen LogP contribution in [0.4, 0.5) is 23.7 Å². The zero-order valence-electron chi connectivity index (χ0n) is 15.0. The average molecular weight is 382 g/mol. The summed E-state index contributed by atoms with van der Waals surface area (Å²) in [6, 6.07) is 9.36. The number of rotatable bonds is 7. The first kappa shape index (κ1) is 20.4. The molecule has 5 nitrogen and oxygen atoms in total. The lowest BCUT2D eigenvalue weighted by Crippen LogP contribution is -2.30. The molecule has 0 bridgehead atoms. The van der Waals surface area contributed by atoms with E-state index in [4.69, 9.17) is 9.47 Å². The molecule has 0 aliphatic heterocycles. The summed E-state index contributed by atoms with van der Waals surface area (Å²) in [5.41, 5.74) is 0.182. The van der Waals surface area contributed by atoms with E-state index in [0.717, 1.165) is 17.7 Å². The van der Waals surface area contributed by atoms with Crippen molar-refractivity contribution in [2.24, 2.45) is 0 Å². The zero-order chi connectivity index (χ0) is 19.9. The lowest BCUT2D eigenvalue weighted by atomic mass is 10.1. The number of carbonyl (C=O) groups excluding carboxylic acids is 1. The minimum atomic E-state index is -4.46. The Labute approximate surface area is 155 Å². The molecule has 2 aromatic carbocycles. The summed E-state index contributed by atoms with van der Waals surface area (Å²) in [7, 11) is 1.54. The van der Waals surface area contributed by atoms with Gasteiger partial charge in [-0.05, 0) is 49.2 Å². The molecule has 2 amide bonds. The topological polar surface area (TPSA) is 59.6 Å².